The average molecular weight is 421 g/mol. The van der Waals surface area contributed by atoms with Gasteiger partial charge >= 0.3 is 0 Å². The van der Waals surface area contributed by atoms with Crippen molar-refractivity contribution in [1.82, 2.24) is 10.5 Å². The number of anilines is 2. The van der Waals surface area contributed by atoms with Crippen LogP contribution in [0.5, 0.6) is 5.75 Å². The summed E-state index contributed by atoms with van der Waals surface area (Å²) in [4.78, 5) is 4.59. The van der Waals surface area contributed by atoms with Crippen LogP contribution in [-0.2, 0) is 0 Å². The number of rotatable bonds is 5. The van der Waals surface area contributed by atoms with Crippen molar-refractivity contribution in [3.05, 3.63) is 59.5 Å². The van der Waals surface area contributed by atoms with Gasteiger partial charge in [0, 0.05) is 19.2 Å². The molecule has 0 saturated heterocycles. The maximum atomic E-state index is 9.91. The van der Waals surface area contributed by atoms with Crippen molar-refractivity contribution in [1.29, 1.82) is 0 Å². The second-order valence-electron chi connectivity index (χ2n) is 8.40. The van der Waals surface area contributed by atoms with Crippen LogP contribution in [0, 0.1) is 13.8 Å². The fourth-order valence-electron chi connectivity index (χ4n) is 4.76. The predicted molar refractivity (Wildman–Crippen MR) is 120 cm³/mol. The first-order valence-corrected chi connectivity index (χ1v) is 10.7. The van der Waals surface area contributed by atoms with E-state index in [0.717, 1.165) is 39.7 Å². The topological polar surface area (TPSA) is 74.0 Å². The summed E-state index contributed by atoms with van der Waals surface area (Å²) in [5.41, 5.74) is 6.18. The fourth-order valence-corrected chi connectivity index (χ4v) is 4.76. The van der Waals surface area contributed by atoms with Gasteiger partial charge in [-0.2, -0.15) is 0 Å². The summed E-state index contributed by atoms with van der Waals surface area (Å²) >= 11 is 0. The van der Waals surface area contributed by atoms with E-state index in [4.69, 9.17) is 9.26 Å². The summed E-state index contributed by atoms with van der Waals surface area (Å²) in [6, 6.07) is 14.7. The molecule has 0 bridgehead atoms. The first-order chi connectivity index (χ1) is 15.0. The molecule has 0 aliphatic carbocycles. The summed E-state index contributed by atoms with van der Waals surface area (Å²) in [6.07, 6.45) is -0.539. The molecular weight excluding hydrogens is 392 g/mol. The van der Waals surface area contributed by atoms with Crippen LogP contribution in [0.1, 0.15) is 30.0 Å². The lowest BCUT2D eigenvalue weighted by Crippen LogP contribution is -2.55. The molecule has 3 atom stereocenters. The Morgan fingerprint density at radius 1 is 1.19 bits per heavy atom. The van der Waals surface area contributed by atoms with E-state index < -0.39 is 6.10 Å². The van der Waals surface area contributed by atoms with Gasteiger partial charge in [-0.05, 0) is 38.5 Å². The first kappa shape index (κ1) is 19.9. The van der Waals surface area contributed by atoms with Crippen molar-refractivity contribution in [2.75, 3.05) is 30.0 Å². The summed E-state index contributed by atoms with van der Waals surface area (Å²) < 4.78 is 11.9. The SMILES string of the molecule is Cc1noc(C)c1-c1ccc2c3c1OCC(c1ccccc1)N3C(NCC(C)O)N2C. The van der Waals surface area contributed by atoms with Crippen LogP contribution in [0.25, 0.3) is 11.1 Å². The third-order valence-corrected chi connectivity index (χ3v) is 6.18. The number of hydrogen-bond acceptors (Lipinski definition) is 7. The highest BCUT2D eigenvalue weighted by atomic mass is 16.5. The van der Waals surface area contributed by atoms with Gasteiger partial charge in [-0.3, -0.25) is 5.32 Å². The number of benzene rings is 2. The second-order valence-corrected chi connectivity index (χ2v) is 8.40. The monoisotopic (exact) mass is 420 g/mol. The van der Waals surface area contributed by atoms with Crippen molar-refractivity contribution < 1.29 is 14.4 Å². The molecular formula is C24H28N4O3. The normalized spacial score (nSPS) is 20.5. The Balaban J connectivity index is 1.67. The van der Waals surface area contributed by atoms with Gasteiger partial charge in [-0.15, -0.1) is 0 Å². The van der Waals surface area contributed by atoms with E-state index in [9.17, 15) is 5.11 Å². The largest absolute Gasteiger partial charge is 0.488 e. The molecule has 0 radical (unpaired) electrons. The highest BCUT2D eigenvalue weighted by Gasteiger charge is 2.44. The summed E-state index contributed by atoms with van der Waals surface area (Å²) in [5.74, 6) is 1.64. The Kier molecular flexibility index (Phi) is 4.87. The number of aliphatic hydroxyl groups is 1. The molecule has 7 nitrogen and oxygen atoms in total. The van der Waals surface area contributed by atoms with Gasteiger partial charge in [0.2, 0.25) is 0 Å². The van der Waals surface area contributed by atoms with Crippen LogP contribution in [0.4, 0.5) is 11.4 Å². The highest BCUT2D eigenvalue weighted by Crippen LogP contribution is 2.55. The molecule has 3 aromatic rings. The van der Waals surface area contributed by atoms with Gasteiger partial charge in [0.15, 0.2) is 12.0 Å². The number of nitrogens with zero attached hydrogens (tertiary/aromatic N) is 3. The van der Waals surface area contributed by atoms with Crippen molar-refractivity contribution in [2.45, 2.75) is 39.2 Å². The molecule has 0 spiro atoms. The third kappa shape index (κ3) is 3.16. The van der Waals surface area contributed by atoms with E-state index in [1.54, 1.807) is 6.92 Å². The molecule has 7 heteroatoms. The average Bonchev–Trinajstić information content (AvgIpc) is 3.25. The second kappa shape index (κ2) is 7.59. The predicted octanol–water partition coefficient (Wildman–Crippen LogP) is 3.60. The Hall–Kier alpha value is -3.03. The van der Waals surface area contributed by atoms with Crippen LogP contribution in [0.15, 0.2) is 47.0 Å². The lowest BCUT2D eigenvalue weighted by Gasteiger charge is -2.41. The molecule has 3 unspecified atom stereocenters. The van der Waals surface area contributed by atoms with Gasteiger partial charge in [-0.1, -0.05) is 35.5 Å². The first-order valence-electron chi connectivity index (χ1n) is 10.7. The molecule has 0 saturated carbocycles. The molecule has 162 valence electrons. The van der Waals surface area contributed by atoms with Crippen LogP contribution < -0.4 is 19.9 Å². The van der Waals surface area contributed by atoms with E-state index in [1.165, 1.54) is 5.56 Å². The van der Waals surface area contributed by atoms with Crippen LogP contribution in [-0.4, -0.2) is 42.9 Å². The van der Waals surface area contributed by atoms with E-state index >= 15 is 0 Å². The minimum absolute atomic E-state index is 0.0452. The highest BCUT2D eigenvalue weighted by molar-refractivity contribution is 5.92. The zero-order chi connectivity index (χ0) is 21.7. The van der Waals surface area contributed by atoms with Gasteiger partial charge in [0.1, 0.15) is 18.1 Å². The lowest BCUT2D eigenvalue weighted by molar-refractivity contribution is 0.182. The number of ether oxygens (including phenoxy) is 1. The fraction of sp³-hybridized carbons (Fsp3) is 0.375. The quantitative estimate of drug-likeness (QED) is 0.653. The molecule has 3 heterocycles. The standard InChI is InChI=1S/C24H28N4O3/c1-14(29)12-25-24-27(4)19-11-10-18(21-15(2)26-31-16(21)3)23-22(19)28(24)20(13-30-23)17-8-6-5-7-9-17/h5-11,14,20,24-25,29H,12-13H2,1-4H3. The van der Waals surface area contributed by atoms with Gasteiger partial charge in [0.05, 0.1) is 29.1 Å². The number of aliphatic hydroxyl groups excluding tert-OH is 1. The third-order valence-electron chi connectivity index (χ3n) is 6.18. The summed E-state index contributed by atoms with van der Waals surface area (Å²) in [7, 11) is 2.07. The molecule has 2 N–H and O–H groups in total. The molecule has 31 heavy (non-hydrogen) atoms. The smallest absolute Gasteiger partial charge is 0.158 e. The van der Waals surface area contributed by atoms with E-state index in [1.807, 2.05) is 19.9 Å². The van der Waals surface area contributed by atoms with Crippen LogP contribution >= 0.6 is 0 Å². The number of hydrogen-bond donors (Lipinski definition) is 2. The van der Waals surface area contributed by atoms with Gasteiger partial charge in [0.25, 0.3) is 0 Å². The molecule has 0 amide bonds. The van der Waals surface area contributed by atoms with Gasteiger partial charge in [-0.25, -0.2) is 0 Å². The Morgan fingerprint density at radius 3 is 2.65 bits per heavy atom. The number of aromatic nitrogens is 1. The summed E-state index contributed by atoms with van der Waals surface area (Å²) in [5, 5.41) is 17.6. The van der Waals surface area contributed by atoms with Crippen LogP contribution in [0.2, 0.25) is 0 Å². The van der Waals surface area contributed by atoms with Gasteiger partial charge < -0.3 is 24.2 Å². The van der Waals surface area contributed by atoms with Crippen molar-refractivity contribution in [3.63, 3.8) is 0 Å². The van der Waals surface area contributed by atoms with Crippen LogP contribution in [0.3, 0.4) is 0 Å². The zero-order valence-electron chi connectivity index (χ0n) is 18.3. The molecule has 0 fully saturated rings. The number of aryl methyl sites for hydroxylation is 2. The molecule has 2 aliphatic rings. The van der Waals surface area contributed by atoms with E-state index in [2.05, 4.69) is 63.7 Å². The van der Waals surface area contributed by atoms with E-state index in [-0.39, 0.29) is 12.3 Å². The minimum Gasteiger partial charge on any atom is -0.488 e. The molecule has 2 aliphatic heterocycles. The molecule has 1 aromatic heterocycles. The lowest BCUT2D eigenvalue weighted by atomic mass is 9.98. The Morgan fingerprint density at radius 2 is 1.97 bits per heavy atom. The van der Waals surface area contributed by atoms with Crippen molar-refractivity contribution in [3.8, 4) is 16.9 Å². The molecule has 5 rings (SSSR count). The maximum absolute atomic E-state index is 9.91. The number of nitrogens with one attached hydrogen (secondary N) is 1. The zero-order valence-corrected chi connectivity index (χ0v) is 18.3. The Labute approximate surface area is 182 Å². The molecule has 2 aromatic carbocycles. The van der Waals surface area contributed by atoms with Crippen molar-refractivity contribution >= 4 is 11.4 Å². The minimum atomic E-state index is -0.439. The Bertz CT molecular complexity index is 1080. The van der Waals surface area contributed by atoms with Crippen molar-refractivity contribution in [2.24, 2.45) is 0 Å². The van der Waals surface area contributed by atoms with E-state index in [0.29, 0.717) is 13.2 Å². The maximum Gasteiger partial charge on any atom is 0.158 e. The summed E-state index contributed by atoms with van der Waals surface area (Å²) in [6.45, 7) is 6.70.